The summed E-state index contributed by atoms with van der Waals surface area (Å²) >= 11 is 3.38. The number of hydrogen-bond acceptors (Lipinski definition) is 4. The zero-order chi connectivity index (χ0) is 14.5. The van der Waals surface area contributed by atoms with E-state index in [2.05, 4.69) is 32.8 Å². The molecule has 0 aliphatic carbocycles. The highest BCUT2D eigenvalue weighted by Crippen LogP contribution is 2.26. The number of carboxylic acids is 1. The third kappa shape index (κ3) is 4.19. The molecule has 1 saturated heterocycles. The second-order valence-corrected chi connectivity index (χ2v) is 5.80. The lowest BCUT2D eigenvalue weighted by Gasteiger charge is -2.32. The molecule has 20 heavy (non-hydrogen) atoms. The summed E-state index contributed by atoms with van der Waals surface area (Å²) in [6.45, 7) is 5.69. The van der Waals surface area contributed by atoms with Crippen LogP contribution in [0.4, 0.5) is 0 Å². The van der Waals surface area contributed by atoms with Crippen molar-refractivity contribution in [2.24, 2.45) is 0 Å². The fourth-order valence-corrected chi connectivity index (χ4v) is 2.46. The highest BCUT2D eigenvalue weighted by molar-refractivity contribution is 9.10. The second kappa shape index (κ2) is 7.06. The Balaban J connectivity index is 1.84. The Bertz CT molecular complexity index is 473. The lowest BCUT2D eigenvalue weighted by Crippen LogP contribution is -2.45. The molecule has 5 nitrogen and oxygen atoms in total. The first kappa shape index (κ1) is 15.3. The van der Waals surface area contributed by atoms with E-state index in [9.17, 15) is 4.79 Å². The first-order chi connectivity index (χ1) is 9.56. The molecule has 0 spiro atoms. The predicted octanol–water partition coefficient (Wildman–Crippen LogP) is 1.77. The number of piperazine rings is 1. The Hall–Kier alpha value is -1.11. The number of rotatable bonds is 5. The van der Waals surface area contributed by atoms with Crippen LogP contribution >= 0.6 is 15.9 Å². The molecular formula is C14H19BrN2O3. The van der Waals surface area contributed by atoms with Gasteiger partial charge in [0.05, 0.1) is 10.0 Å². The summed E-state index contributed by atoms with van der Waals surface area (Å²) in [5.74, 6) is -0.361. The molecule has 0 atom stereocenters. The van der Waals surface area contributed by atoms with Crippen LogP contribution in [0.25, 0.3) is 0 Å². The third-order valence-electron chi connectivity index (χ3n) is 3.44. The zero-order valence-corrected chi connectivity index (χ0v) is 13.1. The fourth-order valence-electron chi connectivity index (χ4n) is 2.10. The highest BCUT2D eigenvalue weighted by atomic mass is 79.9. The standard InChI is InChI=1S/C14H19BrN2O3/c1-16-4-6-17(7-5-16)8-9-20-13-10-11(14(18)19)2-3-12(13)15/h2-3,10H,4-9H2,1H3,(H,18,19). The van der Waals surface area contributed by atoms with Gasteiger partial charge in [0.2, 0.25) is 0 Å². The molecule has 110 valence electrons. The van der Waals surface area contributed by atoms with Gasteiger partial charge in [-0.15, -0.1) is 0 Å². The molecule has 2 rings (SSSR count). The number of hydrogen-bond donors (Lipinski definition) is 1. The van der Waals surface area contributed by atoms with Gasteiger partial charge in [0.15, 0.2) is 0 Å². The van der Waals surface area contributed by atoms with Crippen molar-refractivity contribution in [2.75, 3.05) is 46.4 Å². The normalized spacial score (nSPS) is 17.1. The first-order valence-electron chi connectivity index (χ1n) is 6.63. The fraction of sp³-hybridized carbons (Fsp3) is 0.500. The van der Waals surface area contributed by atoms with Crippen LogP contribution in [0.15, 0.2) is 22.7 Å². The average Bonchev–Trinajstić information content (AvgIpc) is 2.43. The molecule has 1 heterocycles. The van der Waals surface area contributed by atoms with E-state index >= 15 is 0 Å². The Morgan fingerprint density at radius 1 is 1.35 bits per heavy atom. The Kier molecular flexibility index (Phi) is 5.39. The van der Waals surface area contributed by atoms with Crippen molar-refractivity contribution >= 4 is 21.9 Å². The van der Waals surface area contributed by atoms with Crippen LogP contribution in [0.1, 0.15) is 10.4 Å². The van der Waals surface area contributed by atoms with Gasteiger partial charge in [-0.3, -0.25) is 4.90 Å². The van der Waals surface area contributed by atoms with E-state index in [-0.39, 0.29) is 5.56 Å². The molecule has 1 aromatic rings. The van der Waals surface area contributed by atoms with E-state index in [0.717, 1.165) is 37.2 Å². The monoisotopic (exact) mass is 342 g/mol. The molecule has 0 bridgehead atoms. The van der Waals surface area contributed by atoms with E-state index in [0.29, 0.717) is 12.4 Å². The Morgan fingerprint density at radius 3 is 2.70 bits per heavy atom. The van der Waals surface area contributed by atoms with Gasteiger partial charge < -0.3 is 14.7 Å². The topological polar surface area (TPSA) is 53.0 Å². The Morgan fingerprint density at radius 2 is 2.05 bits per heavy atom. The summed E-state index contributed by atoms with van der Waals surface area (Å²) in [5, 5.41) is 8.97. The van der Waals surface area contributed by atoms with Gasteiger partial charge in [0, 0.05) is 32.7 Å². The third-order valence-corrected chi connectivity index (χ3v) is 4.09. The van der Waals surface area contributed by atoms with Crippen LogP contribution < -0.4 is 4.74 Å². The number of ether oxygens (including phenoxy) is 1. The summed E-state index contributed by atoms with van der Waals surface area (Å²) in [6, 6.07) is 4.81. The van der Waals surface area contributed by atoms with Crippen molar-refractivity contribution in [3.8, 4) is 5.75 Å². The molecular weight excluding hydrogens is 324 g/mol. The summed E-state index contributed by atoms with van der Waals surface area (Å²) < 4.78 is 6.47. The minimum atomic E-state index is -0.943. The molecule has 1 aromatic carbocycles. The summed E-state index contributed by atoms with van der Waals surface area (Å²) in [7, 11) is 2.13. The number of carboxylic acid groups (broad SMARTS) is 1. The van der Waals surface area contributed by atoms with Gasteiger partial charge in [-0.25, -0.2) is 4.79 Å². The number of likely N-dealkylation sites (N-methyl/N-ethyl adjacent to an activating group) is 1. The molecule has 1 aliphatic heterocycles. The molecule has 1 fully saturated rings. The van der Waals surface area contributed by atoms with E-state index in [4.69, 9.17) is 9.84 Å². The zero-order valence-electron chi connectivity index (χ0n) is 11.5. The first-order valence-corrected chi connectivity index (χ1v) is 7.42. The number of halogens is 1. The smallest absolute Gasteiger partial charge is 0.335 e. The van der Waals surface area contributed by atoms with Crippen molar-refractivity contribution in [1.29, 1.82) is 0 Å². The molecule has 0 unspecified atom stereocenters. The van der Waals surface area contributed by atoms with Gasteiger partial charge in [0.1, 0.15) is 12.4 Å². The maximum Gasteiger partial charge on any atom is 0.335 e. The largest absolute Gasteiger partial charge is 0.491 e. The van der Waals surface area contributed by atoms with E-state index in [1.165, 1.54) is 0 Å². The van der Waals surface area contributed by atoms with Gasteiger partial charge in [-0.1, -0.05) is 0 Å². The lowest BCUT2D eigenvalue weighted by molar-refractivity contribution is 0.0696. The Labute approximate surface area is 127 Å². The van der Waals surface area contributed by atoms with Gasteiger partial charge >= 0.3 is 5.97 Å². The van der Waals surface area contributed by atoms with Crippen LogP contribution in [-0.4, -0.2) is 67.3 Å². The second-order valence-electron chi connectivity index (χ2n) is 4.94. The SMILES string of the molecule is CN1CCN(CCOc2cc(C(=O)O)ccc2Br)CC1. The van der Waals surface area contributed by atoms with Crippen LogP contribution in [0.3, 0.4) is 0 Å². The minimum Gasteiger partial charge on any atom is -0.491 e. The number of aromatic carboxylic acids is 1. The van der Waals surface area contributed by atoms with Crippen molar-refractivity contribution < 1.29 is 14.6 Å². The molecule has 1 N–H and O–H groups in total. The number of carbonyl (C=O) groups is 1. The predicted molar refractivity (Wildman–Crippen MR) is 80.5 cm³/mol. The highest BCUT2D eigenvalue weighted by Gasteiger charge is 2.14. The molecule has 6 heteroatoms. The average molecular weight is 343 g/mol. The molecule has 0 amide bonds. The van der Waals surface area contributed by atoms with Crippen molar-refractivity contribution in [3.05, 3.63) is 28.2 Å². The summed E-state index contributed by atoms with van der Waals surface area (Å²) in [4.78, 5) is 15.6. The molecule has 0 aromatic heterocycles. The summed E-state index contributed by atoms with van der Waals surface area (Å²) in [6.07, 6.45) is 0. The van der Waals surface area contributed by atoms with Crippen LogP contribution in [0.2, 0.25) is 0 Å². The number of benzene rings is 1. The van der Waals surface area contributed by atoms with Crippen LogP contribution in [-0.2, 0) is 0 Å². The van der Waals surface area contributed by atoms with Crippen molar-refractivity contribution in [1.82, 2.24) is 9.80 Å². The van der Waals surface area contributed by atoms with Gasteiger partial charge in [-0.05, 0) is 41.2 Å². The van der Waals surface area contributed by atoms with Crippen molar-refractivity contribution in [2.45, 2.75) is 0 Å². The maximum absolute atomic E-state index is 10.9. The quantitative estimate of drug-likeness (QED) is 0.883. The van der Waals surface area contributed by atoms with E-state index in [1.807, 2.05) is 0 Å². The molecule has 1 aliphatic rings. The number of nitrogens with zero attached hydrogens (tertiary/aromatic N) is 2. The van der Waals surface area contributed by atoms with Gasteiger partial charge in [0.25, 0.3) is 0 Å². The molecule has 0 saturated carbocycles. The lowest BCUT2D eigenvalue weighted by atomic mass is 10.2. The van der Waals surface area contributed by atoms with E-state index < -0.39 is 5.97 Å². The summed E-state index contributed by atoms with van der Waals surface area (Å²) in [5.41, 5.74) is 0.239. The van der Waals surface area contributed by atoms with Crippen LogP contribution in [0.5, 0.6) is 5.75 Å². The van der Waals surface area contributed by atoms with E-state index in [1.54, 1.807) is 18.2 Å². The minimum absolute atomic E-state index is 0.239. The van der Waals surface area contributed by atoms with Crippen molar-refractivity contribution in [3.63, 3.8) is 0 Å². The molecule has 0 radical (unpaired) electrons. The van der Waals surface area contributed by atoms with Gasteiger partial charge in [-0.2, -0.15) is 0 Å². The van der Waals surface area contributed by atoms with Crippen LogP contribution in [0, 0.1) is 0 Å². The maximum atomic E-state index is 10.9.